The first-order chi connectivity index (χ1) is 16.3. The van der Waals surface area contributed by atoms with Gasteiger partial charge in [0, 0.05) is 31.6 Å². The number of carbonyl (C=O) groups is 1. The van der Waals surface area contributed by atoms with Crippen molar-refractivity contribution in [1.82, 2.24) is 14.5 Å². The Kier molecular flexibility index (Phi) is 7.45. The van der Waals surface area contributed by atoms with E-state index in [0.717, 1.165) is 5.56 Å². The minimum Gasteiger partial charge on any atom is -0.486 e. The Morgan fingerprint density at radius 1 is 1.06 bits per heavy atom. The van der Waals surface area contributed by atoms with Crippen molar-refractivity contribution >= 4 is 15.9 Å². The number of benzene rings is 2. The molecule has 0 aliphatic carbocycles. The molecule has 9 heteroatoms. The first kappa shape index (κ1) is 24.5. The molecule has 1 fully saturated rings. The van der Waals surface area contributed by atoms with E-state index in [-0.39, 0.29) is 22.8 Å². The number of carbonyl (C=O) groups excluding carboxylic acids is 1. The van der Waals surface area contributed by atoms with Crippen LogP contribution in [-0.2, 0) is 14.8 Å². The van der Waals surface area contributed by atoms with Gasteiger partial charge in [0.05, 0.1) is 10.9 Å². The Hall–Kier alpha value is -2.62. The van der Waals surface area contributed by atoms with Crippen LogP contribution < -0.4 is 14.8 Å². The molecule has 0 bridgehead atoms. The molecule has 2 heterocycles. The van der Waals surface area contributed by atoms with Crippen LogP contribution in [-0.4, -0.2) is 70.5 Å². The van der Waals surface area contributed by atoms with Crippen molar-refractivity contribution in [3.63, 3.8) is 0 Å². The molecule has 2 aromatic carbocycles. The number of ether oxygens (including phenoxy) is 2. The summed E-state index contributed by atoms with van der Waals surface area (Å²) in [4.78, 5) is 15.1. The number of piperidine rings is 1. The highest BCUT2D eigenvalue weighted by atomic mass is 32.2. The number of likely N-dealkylation sites (N-methyl/N-ethyl adjacent to an activating group) is 1. The van der Waals surface area contributed by atoms with Gasteiger partial charge in [0.2, 0.25) is 15.9 Å². The number of rotatable bonds is 7. The van der Waals surface area contributed by atoms with Crippen molar-refractivity contribution < 1.29 is 22.7 Å². The number of hydrogen-bond donors (Lipinski definition) is 1. The first-order valence-electron chi connectivity index (χ1n) is 11.7. The summed E-state index contributed by atoms with van der Waals surface area (Å²) < 4.78 is 38.8. The van der Waals surface area contributed by atoms with Crippen molar-refractivity contribution in [1.29, 1.82) is 0 Å². The Balaban J connectivity index is 1.34. The van der Waals surface area contributed by atoms with Crippen LogP contribution in [0.25, 0.3) is 0 Å². The minimum atomic E-state index is -3.66. The largest absolute Gasteiger partial charge is 0.486 e. The lowest BCUT2D eigenvalue weighted by Gasteiger charge is -2.31. The lowest BCUT2D eigenvalue weighted by Crippen LogP contribution is -2.44. The molecule has 0 unspecified atom stereocenters. The maximum Gasteiger partial charge on any atom is 0.243 e. The second-order valence-electron chi connectivity index (χ2n) is 9.12. The molecule has 2 aliphatic heterocycles. The smallest absolute Gasteiger partial charge is 0.243 e. The monoisotopic (exact) mass is 487 g/mol. The summed E-state index contributed by atoms with van der Waals surface area (Å²) in [5, 5.41) is 3.09. The topological polar surface area (TPSA) is 88.2 Å². The number of aryl methyl sites for hydroxylation is 1. The van der Waals surface area contributed by atoms with Gasteiger partial charge in [-0.2, -0.15) is 4.31 Å². The zero-order valence-electron chi connectivity index (χ0n) is 20.0. The van der Waals surface area contributed by atoms with E-state index in [4.69, 9.17) is 9.47 Å². The van der Waals surface area contributed by atoms with E-state index in [1.807, 2.05) is 14.1 Å². The van der Waals surface area contributed by atoms with Gasteiger partial charge in [0.1, 0.15) is 13.2 Å². The van der Waals surface area contributed by atoms with Crippen molar-refractivity contribution in [2.45, 2.75) is 30.7 Å². The van der Waals surface area contributed by atoms with Crippen LogP contribution in [0.2, 0.25) is 0 Å². The highest BCUT2D eigenvalue weighted by Gasteiger charge is 2.33. The number of fused-ring (bicyclic) bond motifs is 1. The van der Waals surface area contributed by atoms with Crippen molar-refractivity contribution in [2.24, 2.45) is 5.92 Å². The van der Waals surface area contributed by atoms with Gasteiger partial charge < -0.3 is 19.7 Å². The Morgan fingerprint density at radius 3 is 2.35 bits per heavy atom. The van der Waals surface area contributed by atoms with Crippen LogP contribution in [0.3, 0.4) is 0 Å². The third-order valence-corrected chi connectivity index (χ3v) is 8.43. The number of hydrogen-bond acceptors (Lipinski definition) is 6. The van der Waals surface area contributed by atoms with Gasteiger partial charge in [-0.3, -0.25) is 4.79 Å². The molecule has 1 saturated heterocycles. The van der Waals surface area contributed by atoms with E-state index < -0.39 is 10.0 Å². The van der Waals surface area contributed by atoms with Crippen molar-refractivity contribution in [3.05, 3.63) is 53.6 Å². The predicted octanol–water partition coefficient (Wildman–Crippen LogP) is 2.59. The molecule has 2 aromatic rings. The number of nitrogens with zero attached hydrogens (tertiary/aromatic N) is 2. The minimum absolute atomic E-state index is 0.0182. The average molecular weight is 488 g/mol. The van der Waals surface area contributed by atoms with E-state index in [9.17, 15) is 13.2 Å². The number of sulfonamides is 1. The van der Waals surface area contributed by atoms with Crippen LogP contribution in [0.1, 0.15) is 30.0 Å². The summed E-state index contributed by atoms with van der Waals surface area (Å²) in [7, 11) is 0.334. The quantitative estimate of drug-likeness (QED) is 0.646. The molecule has 2 aliphatic rings. The molecular weight excluding hydrogens is 454 g/mol. The molecule has 8 nitrogen and oxygen atoms in total. The van der Waals surface area contributed by atoms with Crippen molar-refractivity contribution in [3.8, 4) is 11.5 Å². The first-order valence-corrected chi connectivity index (χ1v) is 13.1. The Bertz CT molecular complexity index is 1110. The van der Waals surface area contributed by atoms with Gasteiger partial charge in [-0.1, -0.05) is 29.8 Å². The van der Waals surface area contributed by atoms with E-state index in [1.54, 1.807) is 12.1 Å². The SMILES string of the molecule is Cc1ccc([C@H](CNC(=O)C2CCN(S(=O)(=O)c3ccc4c(c3)OCCO4)CC2)N(C)C)cc1. The summed E-state index contributed by atoms with van der Waals surface area (Å²) in [6, 6.07) is 13.1. The van der Waals surface area contributed by atoms with Gasteiger partial charge >= 0.3 is 0 Å². The van der Waals surface area contributed by atoms with Gasteiger partial charge in [0.25, 0.3) is 0 Å². The van der Waals surface area contributed by atoms with Crippen LogP contribution in [0.4, 0.5) is 0 Å². The fourth-order valence-corrected chi connectivity index (χ4v) is 5.91. The molecule has 0 saturated carbocycles. The molecule has 184 valence electrons. The molecule has 1 amide bonds. The number of nitrogens with one attached hydrogen (secondary N) is 1. The predicted molar refractivity (Wildman–Crippen MR) is 130 cm³/mol. The highest BCUT2D eigenvalue weighted by Crippen LogP contribution is 2.34. The zero-order valence-corrected chi connectivity index (χ0v) is 20.8. The maximum absolute atomic E-state index is 13.1. The van der Waals surface area contributed by atoms with Gasteiger partial charge in [-0.25, -0.2) is 8.42 Å². The lowest BCUT2D eigenvalue weighted by molar-refractivity contribution is -0.126. The zero-order chi connectivity index (χ0) is 24.3. The molecule has 0 radical (unpaired) electrons. The third kappa shape index (κ3) is 5.37. The van der Waals surface area contributed by atoms with E-state index in [0.29, 0.717) is 57.2 Å². The molecule has 0 spiro atoms. The molecule has 4 rings (SSSR count). The van der Waals surface area contributed by atoms with E-state index in [2.05, 4.69) is 41.4 Å². The van der Waals surface area contributed by atoms with E-state index in [1.165, 1.54) is 15.9 Å². The summed E-state index contributed by atoms with van der Waals surface area (Å²) in [5.74, 6) is 0.788. The Morgan fingerprint density at radius 2 is 1.71 bits per heavy atom. The molecular formula is C25H33N3O5S. The van der Waals surface area contributed by atoms with Gasteiger partial charge in [-0.15, -0.1) is 0 Å². The fourth-order valence-electron chi connectivity index (χ4n) is 4.42. The summed E-state index contributed by atoms with van der Waals surface area (Å²) >= 11 is 0. The van der Waals surface area contributed by atoms with E-state index >= 15 is 0 Å². The molecule has 1 N–H and O–H groups in total. The molecule has 0 aromatic heterocycles. The van der Waals surface area contributed by atoms with Crippen molar-refractivity contribution in [2.75, 3.05) is 46.9 Å². The highest BCUT2D eigenvalue weighted by molar-refractivity contribution is 7.89. The number of amides is 1. The molecule has 34 heavy (non-hydrogen) atoms. The molecule has 1 atom stereocenters. The summed E-state index contributed by atoms with van der Waals surface area (Å²) in [6.07, 6.45) is 0.986. The fraction of sp³-hybridized carbons (Fsp3) is 0.480. The normalized spacial score (nSPS) is 18.0. The van der Waals surface area contributed by atoms with Crippen LogP contribution in [0, 0.1) is 12.8 Å². The second-order valence-corrected chi connectivity index (χ2v) is 11.1. The van der Waals surface area contributed by atoms with Gasteiger partial charge in [0.15, 0.2) is 11.5 Å². The average Bonchev–Trinajstić information content (AvgIpc) is 2.84. The maximum atomic E-state index is 13.1. The lowest BCUT2D eigenvalue weighted by atomic mass is 9.97. The van der Waals surface area contributed by atoms with Gasteiger partial charge in [-0.05, 0) is 51.6 Å². The van der Waals surface area contributed by atoms with Crippen LogP contribution in [0.15, 0.2) is 47.4 Å². The standard InChI is InChI=1S/C25H33N3O5S/c1-18-4-6-19(7-5-18)22(27(2)3)17-26-25(29)20-10-12-28(13-11-20)34(30,31)21-8-9-23-24(16-21)33-15-14-32-23/h4-9,16,20,22H,10-15,17H2,1-3H3,(H,26,29)/t22-/m0/s1. The third-order valence-electron chi connectivity index (χ3n) is 6.53. The van der Waals surface area contributed by atoms with Crippen LogP contribution in [0.5, 0.6) is 11.5 Å². The summed E-state index contributed by atoms with van der Waals surface area (Å²) in [6.45, 7) is 4.03. The Labute approximate surface area is 201 Å². The summed E-state index contributed by atoms with van der Waals surface area (Å²) in [5.41, 5.74) is 2.35. The van der Waals surface area contributed by atoms with Crippen LogP contribution >= 0.6 is 0 Å². The second kappa shape index (κ2) is 10.3.